The van der Waals surface area contributed by atoms with E-state index in [-0.39, 0.29) is 0 Å². The molecule has 1 heterocycles. The smallest absolute Gasteiger partial charge is 0.231 e. The Balaban J connectivity index is 1.89. The van der Waals surface area contributed by atoms with Crippen LogP contribution in [-0.4, -0.2) is 49.4 Å². The summed E-state index contributed by atoms with van der Waals surface area (Å²) < 4.78 is 10.8. The molecule has 6 heteroatoms. The highest BCUT2D eigenvalue weighted by Crippen LogP contribution is 2.32. The van der Waals surface area contributed by atoms with E-state index < -0.39 is 0 Å². The summed E-state index contributed by atoms with van der Waals surface area (Å²) in [7, 11) is 0. The van der Waals surface area contributed by atoms with Crippen LogP contribution in [0.25, 0.3) is 0 Å². The Morgan fingerprint density at radius 1 is 1.12 bits per heavy atom. The van der Waals surface area contributed by atoms with Gasteiger partial charge < -0.3 is 20.1 Å². The van der Waals surface area contributed by atoms with Crippen LogP contribution in [0.3, 0.4) is 0 Å². The number of rotatable bonds is 8. The molecule has 1 aromatic rings. The second-order valence-electron chi connectivity index (χ2n) is 6.73. The molecule has 0 saturated heterocycles. The summed E-state index contributed by atoms with van der Waals surface area (Å²) >= 11 is 0. The van der Waals surface area contributed by atoms with Crippen LogP contribution in [0.15, 0.2) is 23.2 Å². The highest BCUT2D eigenvalue weighted by molar-refractivity contribution is 5.79. The van der Waals surface area contributed by atoms with Gasteiger partial charge in [-0.3, -0.25) is 4.90 Å². The van der Waals surface area contributed by atoms with Crippen molar-refractivity contribution in [1.29, 1.82) is 0 Å². The van der Waals surface area contributed by atoms with Crippen molar-refractivity contribution < 1.29 is 9.47 Å². The van der Waals surface area contributed by atoms with E-state index in [2.05, 4.69) is 55.1 Å². The lowest BCUT2D eigenvalue weighted by Gasteiger charge is -2.30. The molecule has 2 N–H and O–H groups in total. The highest BCUT2D eigenvalue weighted by atomic mass is 16.7. The predicted octanol–water partition coefficient (Wildman–Crippen LogP) is 2.59. The Morgan fingerprint density at radius 3 is 2.52 bits per heavy atom. The summed E-state index contributed by atoms with van der Waals surface area (Å²) in [6.07, 6.45) is 0. The van der Waals surface area contributed by atoms with Gasteiger partial charge in [-0.05, 0) is 52.3 Å². The fraction of sp³-hybridized carbons (Fsp3) is 0.632. The fourth-order valence-electron chi connectivity index (χ4n) is 2.97. The lowest BCUT2D eigenvalue weighted by atomic mass is 10.2. The van der Waals surface area contributed by atoms with Crippen molar-refractivity contribution in [1.82, 2.24) is 15.5 Å². The first-order chi connectivity index (χ1) is 12.0. The molecule has 0 radical (unpaired) electrons. The van der Waals surface area contributed by atoms with Crippen LogP contribution in [0.5, 0.6) is 11.5 Å². The van der Waals surface area contributed by atoms with Gasteiger partial charge in [0.05, 0.1) is 6.54 Å². The van der Waals surface area contributed by atoms with E-state index in [9.17, 15) is 0 Å². The second kappa shape index (κ2) is 9.51. The molecule has 140 valence electrons. The van der Waals surface area contributed by atoms with Crippen molar-refractivity contribution >= 4 is 5.96 Å². The number of guanidine groups is 1. The summed E-state index contributed by atoms with van der Waals surface area (Å²) in [6, 6.07) is 7.04. The SMILES string of the molecule is CCNC(=NCc1ccc2c(c1)OCO2)NCCN(C(C)C)C(C)C. The van der Waals surface area contributed by atoms with E-state index in [0.717, 1.165) is 42.7 Å². The van der Waals surface area contributed by atoms with E-state index >= 15 is 0 Å². The average molecular weight is 348 g/mol. The third-order valence-corrected chi connectivity index (χ3v) is 4.19. The summed E-state index contributed by atoms with van der Waals surface area (Å²) in [5.74, 6) is 2.45. The number of hydrogen-bond acceptors (Lipinski definition) is 4. The molecule has 1 aliphatic heterocycles. The van der Waals surface area contributed by atoms with Crippen molar-refractivity contribution in [2.24, 2.45) is 4.99 Å². The maximum Gasteiger partial charge on any atom is 0.231 e. The average Bonchev–Trinajstić information content (AvgIpc) is 3.03. The van der Waals surface area contributed by atoms with E-state index in [1.165, 1.54) is 0 Å². The Labute approximate surface area is 151 Å². The number of nitrogens with zero attached hydrogens (tertiary/aromatic N) is 2. The molecule has 0 saturated carbocycles. The first-order valence-electron chi connectivity index (χ1n) is 9.17. The third-order valence-electron chi connectivity index (χ3n) is 4.19. The van der Waals surface area contributed by atoms with Gasteiger partial charge in [0.2, 0.25) is 6.79 Å². The van der Waals surface area contributed by atoms with E-state index in [4.69, 9.17) is 9.47 Å². The van der Waals surface area contributed by atoms with Crippen molar-refractivity contribution in [2.45, 2.75) is 53.2 Å². The summed E-state index contributed by atoms with van der Waals surface area (Å²) in [4.78, 5) is 7.14. The minimum absolute atomic E-state index is 0.300. The summed E-state index contributed by atoms with van der Waals surface area (Å²) in [5, 5.41) is 6.73. The largest absolute Gasteiger partial charge is 0.454 e. The topological polar surface area (TPSA) is 58.1 Å². The van der Waals surface area contributed by atoms with Crippen LogP contribution in [0.1, 0.15) is 40.2 Å². The number of nitrogens with one attached hydrogen (secondary N) is 2. The molecule has 0 bridgehead atoms. The van der Waals surface area contributed by atoms with E-state index in [0.29, 0.717) is 25.4 Å². The van der Waals surface area contributed by atoms with Crippen LogP contribution in [0.2, 0.25) is 0 Å². The molecule has 0 atom stereocenters. The molecule has 0 amide bonds. The molecule has 25 heavy (non-hydrogen) atoms. The van der Waals surface area contributed by atoms with Crippen LogP contribution in [0, 0.1) is 0 Å². The zero-order valence-electron chi connectivity index (χ0n) is 16.1. The third kappa shape index (κ3) is 5.81. The van der Waals surface area contributed by atoms with E-state index in [1.54, 1.807) is 0 Å². The van der Waals surface area contributed by atoms with Crippen LogP contribution < -0.4 is 20.1 Å². The Bertz CT molecular complexity index is 565. The lowest BCUT2D eigenvalue weighted by Crippen LogP contribution is -2.45. The summed E-state index contributed by atoms with van der Waals surface area (Å²) in [6.45, 7) is 14.6. The van der Waals surface area contributed by atoms with Crippen LogP contribution in [0.4, 0.5) is 0 Å². The van der Waals surface area contributed by atoms with Gasteiger partial charge in [-0.1, -0.05) is 6.07 Å². The van der Waals surface area contributed by atoms with Gasteiger partial charge in [0.15, 0.2) is 17.5 Å². The first-order valence-corrected chi connectivity index (χ1v) is 9.17. The van der Waals surface area contributed by atoms with Gasteiger partial charge in [0, 0.05) is 31.7 Å². The maximum atomic E-state index is 5.42. The highest BCUT2D eigenvalue weighted by Gasteiger charge is 2.14. The first kappa shape index (κ1) is 19.4. The minimum Gasteiger partial charge on any atom is -0.454 e. The Morgan fingerprint density at radius 2 is 1.84 bits per heavy atom. The predicted molar refractivity (Wildman–Crippen MR) is 102 cm³/mol. The molecule has 1 aliphatic rings. The molecule has 0 unspecified atom stereocenters. The molecule has 0 fully saturated rings. The molecular formula is C19H32N4O2. The van der Waals surface area contributed by atoms with E-state index in [1.807, 2.05) is 18.2 Å². The molecule has 6 nitrogen and oxygen atoms in total. The molecule has 0 aromatic heterocycles. The van der Waals surface area contributed by atoms with Crippen molar-refractivity contribution in [3.63, 3.8) is 0 Å². The van der Waals surface area contributed by atoms with Gasteiger partial charge in [-0.15, -0.1) is 0 Å². The van der Waals surface area contributed by atoms with Gasteiger partial charge in [0.1, 0.15) is 0 Å². The zero-order chi connectivity index (χ0) is 18.2. The Hall–Kier alpha value is -1.95. The molecule has 1 aromatic carbocycles. The van der Waals surface area contributed by atoms with Crippen molar-refractivity contribution in [3.8, 4) is 11.5 Å². The number of fused-ring (bicyclic) bond motifs is 1. The normalized spacial score (nSPS) is 13.8. The number of aliphatic imine (C=N–C) groups is 1. The summed E-state index contributed by atoms with van der Waals surface area (Å²) in [5.41, 5.74) is 1.10. The van der Waals surface area contributed by atoms with Crippen molar-refractivity contribution in [3.05, 3.63) is 23.8 Å². The van der Waals surface area contributed by atoms with Gasteiger partial charge >= 0.3 is 0 Å². The quantitative estimate of drug-likeness (QED) is 0.559. The molecular weight excluding hydrogens is 316 g/mol. The van der Waals surface area contributed by atoms with Crippen LogP contribution in [-0.2, 0) is 6.54 Å². The molecule has 0 spiro atoms. The number of hydrogen-bond donors (Lipinski definition) is 2. The van der Waals surface area contributed by atoms with Gasteiger partial charge in [-0.2, -0.15) is 0 Å². The zero-order valence-corrected chi connectivity index (χ0v) is 16.1. The molecule has 2 rings (SSSR count). The Kier molecular flexibility index (Phi) is 7.37. The standard InChI is InChI=1S/C19H32N4O2/c1-6-20-19(21-9-10-23(14(2)3)15(4)5)22-12-16-7-8-17-18(11-16)25-13-24-17/h7-8,11,14-15H,6,9-10,12-13H2,1-5H3,(H2,20,21,22). The number of ether oxygens (including phenoxy) is 2. The maximum absolute atomic E-state index is 5.42. The monoisotopic (exact) mass is 348 g/mol. The van der Waals surface area contributed by atoms with Gasteiger partial charge in [-0.25, -0.2) is 4.99 Å². The van der Waals surface area contributed by atoms with Crippen LogP contribution >= 0.6 is 0 Å². The minimum atomic E-state index is 0.300. The van der Waals surface area contributed by atoms with Crippen molar-refractivity contribution in [2.75, 3.05) is 26.4 Å². The second-order valence-corrected chi connectivity index (χ2v) is 6.73. The number of benzene rings is 1. The lowest BCUT2D eigenvalue weighted by molar-refractivity contribution is 0.174. The fourth-order valence-corrected chi connectivity index (χ4v) is 2.97. The molecule has 0 aliphatic carbocycles. The van der Waals surface area contributed by atoms with Gasteiger partial charge in [0.25, 0.3) is 0 Å².